The van der Waals surface area contributed by atoms with E-state index in [0.717, 1.165) is 15.9 Å². The minimum absolute atomic E-state index is 0.411. The number of rotatable bonds is 2. The highest BCUT2D eigenvalue weighted by atomic mass is 79.9. The molecule has 0 aliphatic rings. The van der Waals surface area contributed by atoms with Gasteiger partial charge in [-0.25, -0.2) is 4.98 Å². The van der Waals surface area contributed by atoms with Crippen molar-refractivity contribution in [1.29, 1.82) is 0 Å². The van der Waals surface area contributed by atoms with Gasteiger partial charge in [-0.2, -0.15) is 0 Å². The normalized spacial score (nSPS) is 10.6. The van der Waals surface area contributed by atoms with Crippen LogP contribution in [0.15, 0.2) is 35.2 Å². The van der Waals surface area contributed by atoms with Gasteiger partial charge in [-0.05, 0) is 18.2 Å². The molecule has 0 atom stereocenters. The molecule has 5 heteroatoms. The van der Waals surface area contributed by atoms with Crippen molar-refractivity contribution in [3.63, 3.8) is 0 Å². The van der Waals surface area contributed by atoms with Crippen molar-refractivity contribution in [3.05, 3.63) is 45.9 Å². The van der Waals surface area contributed by atoms with E-state index in [9.17, 15) is 0 Å². The summed E-state index contributed by atoms with van der Waals surface area (Å²) >= 11 is 15.0. The molecular formula is C10H7BrCl2N2. The van der Waals surface area contributed by atoms with Crippen LogP contribution in [-0.4, -0.2) is 9.55 Å². The van der Waals surface area contributed by atoms with Crippen molar-refractivity contribution in [2.24, 2.45) is 0 Å². The molecule has 0 fully saturated rings. The highest BCUT2D eigenvalue weighted by Crippen LogP contribution is 2.22. The van der Waals surface area contributed by atoms with E-state index in [0.29, 0.717) is 10.9 Å². The van der Waals surface area contributed by atoms with Crippen LogP contribution >= 0.6 is 39.1 Å². The second kappa shape index (κ2) is 4.56. The number of imidazole rings is 1. The van der Waals surface area contributed by atoms with E-state index in [-0.39, 0.29) is 0 Å². The number of benzene rings is 1. The van der Waals surface area contributed by atoms with Crippen molar-refractivity contribution < 1.29 is 0 Å². The Kier molecular flexibility index (Phi) is 3.34. The molecule has 0 unspecified atom stereocenters. The van der Waals surface area contributed by atoms with Gasteiger partial charge in [0, 0.05) is 21.4 Å². The standard InChI is InChI=1S/C10H7BrCl2N2/c11-7-1-8(13)3-10(2-7)15-5-9(4-12)14-6-15/h1-3,5-6H,4H2. The predicted octanol–water partition coefficient (Wildman–Crippen LogP) is 4.03. The summed E-state index contributed by atoms with van der Waals surface area (Å²) in [5.74, 6) is 0.411. The summed E-state index contributed by atoms with van der Waals surface area (Å²) in [7, 11) is 0. The SMILES string of the molecule is ClCc1cn(-c2cc(Cl)cc(Br)c2)cn1. The topological polar surface area (TPSA) is 17.8 Å². The molecule has 0 aliphatic heterocycles. The fourth-order valence-corrected chi connectivity index (χ4v) is 2.24. The van der Waals surface area contributed by atoms with Gasteiger partial charge >= 0.3 is 0 Å². The first kappa shape index (κ1) is 11.0. The molecule has 0 aliphatic carbocycles. The maximum atomic E-state index is 5.95. The van der Waals surface area contributed by atoms with Crippen molar-refractivity contribution in [2.75, 3.05) is 0 Å². The van der Waals surface area contributed by atoms with Crippen LogP contribution in [0.5, 0.6) is 0 Å². The Morgan fingerprint density at radius 1 is 1.33 bits per heavy atom. The summed E-state index contributed by atoms with van der Waals surface area (Å²) in [6.07, 6.45) is 3.60. The lowest BCUT2D eigenvalue weighted by atomic mass is 10.3. The lowest BCUT2D eigenvalue weighted by molar-refractivity contribution is 1.06. The zero-order chi connectivity index (χ0) is 10.8. The van der Waals surface area contributed by atoms with E-state index < -0.39 is 0 Å². The largest absolute Gasteiger partial charge is 0.306 e. The fraction of sp³-hybridized carbons (Fsp3) is 0.100. The van der Waals surface area contributed by atoms with Gasteiger partial charge in [0.25, 0.3) is 0 Å². The number of hydrogen-bond acceptors (Lipinski definition) is 1. The smallest absolute Gasteiger partial charge is 0.0995 e. The summed E-state index contributed by atoms with van der Waals surface area (Å²) in [6, 6.07) is 5.67. The molecule has 1 aromatic carbocycles. The number of hydrogen-bond donors (Lipinski definition) is 0. The molecule has 2 aromatic rings. The maximum Gasteiger partial charge on any atom is 0.0995 e. The third-order valence-electron chi connectivity index (χ3n) is 1.92. The van der Waals surface area contributed by atoms with E-state index in [1.807, 2.05) is 29.0 Å². The molecule has 0 amide bonds. The van der Waals surface area contributed by atoms with Crippen LogP contribution in [0.3, 0.4) is 0 Å². The van der Waals surface area contributed by atoms with E-state index in [2.05, 4.69) is 20.9 Å². The second-order valence-electron chi connectivity index (χ2n) is 3.03. The van der Waals surface area contributed by atoms with Crippen molar-refractivity contribution in [3.8, 4) is 5.69 Å². The Hall–Kier alpha value is -0.510. The molecule has 0 saturated carbocycles. The first-order valence-electron chi connectivity index (χ1n) is 4.24. The van der Waals surface area contributed by atoms with Crippen LogP contribution in [0, 0.1) is 0 Å². The Balaban J connectivity index is 2.44. The van der Waals surface area contributed by atoms with Crippen LogP contribution in [0.25, 0.3) is 5.69 Å². The molecule has 15 heavy (non-hydrogen) atoms. The van der Waals surface area contributed by atoms with Crippen molar-refractivity contribution >= 4 is 39.1 Å². The molecular weight excluding hydrogens is 299 g/mol. The van der Waals surface area contributed by atoms with Crippen LogP contribution < -0.4 is 0 Å². The number of nitrogens with zero attached hydrogens (tertiary/aromatic N) is 2. The van der Waals surface area contributed by atoms with Gasteiger partial charge in [0.05, 0.1) is 17.9 Å². The van der Waals surface area contributed by atoms with Crippen LogP contribution in [-0.2, 0) is 5.88 Å². The number of aromatic nitrogens is 2. The minimum atomic E-state index is 0.411. The Morgan fingerprint density at radius 2 is 2.13 bits per heavy atom. The monoisotopic (exact) mass is 304 g/mol. The molecule has 0 N–H and O–H groups in total. The molecule has 0 spiro atoms. The minimum Gasteiger partial charge on any atom is -0.306 e. The van der Waals surface area contributed by atoms with Gasteiger partial charge in [-0.1, -0.05) is 27.5 Å². The van der Waals surface area contributed by atoms with E-state index in [1.165, 1.54) is 0 Å². The zero-order valence-electron chi connectivity index (χ0n) is 7.62. The highest BCUT2D eigenvalue weighted by Gasteiger charge is 2.02. The van der Waals surface area contributed by atoms with Crippen LogP contribution in [0.1, 0.15) is 5.69 Å². The predicted molar refractivity (Wildman–Crippen MR) is 65.8 cm³/mol. The lowest BCUT2D eigenvalue weighted by Gasteiger charge is -2.03. The summed E-state index contributed by atoms with van der Waals surface area (Å²) < 4.78 is 2.82. The molecule has 1 heterocycles. The molecule has 0 bridgehead atoms. The van der Waals surface area contributed by atoms with Crippen molar-refractivity contribution in [1.82, 2.24) is 9.55 Å². The summed E-state index contributed by atoms with van der Waals surface area (Å²) in [5.41, 5.74) is 1.80. The van der Waals surface area contributed by atoms with E-state index in [4.69, 9.17) is 23.2 Å². The Labute approximate surface area is 106 Å². The average molecular weight is 306 g/mol. The molecule has 1 aromatic heterocycles. The molecule has 78 valence electrons. The van der Waals surface area contributed by atoms with Crippen LogP contribution in [0.2, 0.25) is 5.02 Å². The summed E-state index contributed by atoms with van der Waals surface area (Å²) in [5, 5.41) is 0.681. The van der Waals surface area contributed by atoms with Gasteiger partial charge < -0.3 is 4.57 Å². The first-order valence-corrected chi connectivity index (χ1v) is 5.95. The van der Waals surface area contributed by atoms with Gasteiger partial charge in [0.2, 0.25) is 0 Å². The van der Waals surface area contributed by atoms with E-state index in [1.54, 1.807) is 6.33 Å². The number of halogens is 3. The Morgan fingerprint density at radius 3 is 2.73 bits per heavy atom. The molecule has 2 rings (SSSR count). The van der Waals surface area contributed by atoms with E-state index >= 15 is 0 Å². The maximum absolute atomic E-state index is 5.95. The van der Waals surface area contributed by atoms with Gasteiger partial charge in [0.15, 0.2) is 0 Å². The second-order valence-corrected chi connectivity index (χ2v) is 4.65. The Bertz CT molecular complexity index is 462. The summed E-state index contributed by atoms with van der Waals surface area (Å²) in [6.45, 7) is 0. The first-order chi connectivity index (χ1) is 7.19. The quantitative estimate of drug-likeness (QED) is 0.766. The molecule has 2 nitrogen and oxygen atoms in total. The number of alkyl halides is 1. The fourth-order valence-electron chi connectivity index (χ4n) is 1.26. The molecule has 0 saturated heterocycles. The van der Waals surface area contributed by atoms with Gasteiger partial charge in [-0.15, -0.1) is 11.6 Å². The van der Waals surface area contributed by atoms with Gasteiger partial charge in [0.1, 0.15) is 0 Å². The third-order valence-corrected chi connectivity index (χ3v) is 2.87. The lowest BCUT2D eigenvalue weighted by Crippen LogP contribution is -1.89. The zero-order valence-corrected chi connectivity index (χ0v) is 10.7. The van der Waals surface area contributed by atoms with Crippen LogP contribution in [0.4, 0.5) is 0 Å². The summed E-state index contributed by atoms with van der Waals surface area (Å²) in [4.78, 5) is 4.14. The van der Waals surface area contributed by atoms with Gasteiger partial charge in [-0.3, -0.25) is 0 Å². The molecule has 0 radical (unpaired) electrons. The van der Waals surface area contributed by atoms with Crippen molar-refractivity contribution in [2.45, 2.75) is 5.88 Å². The third kappa shape index (κ3) is 2.54. The average Bonchev–Trinajstić information content (AvgIpc) is 2.64. The highest BCUT2D eigenvalue weighted by molar-refractivity contribution is 9.10.